The van der Waals surface area contributed by atoms with Gasteiger partial charge >= 0.3 is 0 Å². The number of hydrogen-bond acceptors (Lipinski definition) is 6. The quantitative estimate of drug-likeness (QED) is 0.210. The van der Waals surface area contributed by atoms with E-state index in [9.17, 15) is 28.1 Å². The molecule has 1 aliphatic rings. The first-order valence-corrected chi connectivity index (χ1v) is 16.7. The van der Waals surface area contributed by atoms with Gasteiger partial charge in [-0.3, -0.25) is 24.0 Å². The first kappa shape index (κ1) is 32.2. The largest absolute Gasteiger partial charge is 0.352 e. The molecule has 3 aromatic rings. The highest BCUT2D eigenvalue weighted by Gasteiger charge is 2.34. The van der Waals surface area contributed by atoms with Gasteiger partial charge in [0.05, 0.1) is 16.9 Å². The number of anilines is 1. The number of carbonyl (C=O) groups is 2. The summed E-state index contributed by atoms with van der Waals surface area (Å²) in [4.78, 5) is 40.4. The maximum Gasteiger partial charge on any atom is 0.271 e. The summed E-state index contributed by atoms with van der Waals surface area (Å²) in [7, 11) is -4.06. The minimum absolute atomic E-state index is 0.00967. The molecule has 0 unspecified atom stereocenters. The average Bonchev–Trinajstić information content (AvgIpc) is 3.48. The van der Waals surface area contributed by atoms with Gasteiger partial charge in [0.25, 0.3) is 5.69 Å². The van der Waals surface area contributed by atoms with E-state index in [2.05, 4.69) is 21.2 Å². The van der Waals surface area contributed by atoms with Gasteiger partial charge in [0, 0.05) is 35.6 Å². The summed E-state index contributed by atoms with van der Waals surface area (Å²) in [6.45, 7) is 1.03. The molecular weight excluding hydrogens is 636 g/mol. The van der Waals surface area contributed by atoms with Crippen molar-refractivity contribution in [3.8, 4) is 0 Å². The third-order valence-electron chi connectivity index (χ3n) is 7.59. The third-order valence-corrected chi connectivity index (χ3v) is 9.25. The molecule has 1 N–H and O–H groups in total. The zero-order valence-corrected chi connectivity index (χ0v) is 26.5. The first-order valence-electron chi connectivity index (χ1n) is 14.0. The van der Waals surface area contributed by atoms with Crippen molar-refractivity contribution in [3.63, 3.8) is 0 Å². The summed E-state index contributed by atoms with van der Waals surface area (Å²) in [5.41, 5.74) is 1.77. The van der Waals surface area contributed by atoms with Crippen molar-refractivity contribution in [2.45, 2.75) is 57.7 Å². The molecule has 2 amide bonds. The van der Waals surface area contributed by atoms with E-state index in [0.717, 1.165) is 57.9 Å². The summed E-state index contributed by atoms with van der Waals surface area (Å²) in [6.07, 6.45) is 4.92. The normalized spacial score (nSPS) is 14.2. The fraction of sp³-hybridized carbons (Fsp3) is 0.355. The lowest BCUT2D eigenvalue weighted by molar-refractivity contribution is -0.384. The second-order valence-corrected chi connectivity index (χ2v) is 13.7. The molecule has 1 aliphatic carbocycles. The summed E-state index contributed by atoms with van der Waals surface area (Å²) in [5, 5.41) is 14.6. The number of nitrogens with zero attached hydrogens (tertiary/aromatic N) is 3. The predicted octanol–water partition coefficient (Wildman–Crippen LogP) is 5.13. The molecule has 0 bridgehead atoms. The van der Waals surface area contributed by atoms with Crippen LogP contribution in [0.25, 0.3) is 0 Å². The fourth-order valence-corrected chi connectivity index (χ4v) is 6.45. The number of nitrogens with one attached hydrogen (secondary N) is 1. The zero-order chi connectivity index (χ0) is 31.1. The maximum absolute atomic E-state index is 14.2. The van der Waals surface area contributed by atoms with Crippen LogP contribution in [0.4, 0.5) is 11.4 Å². The Bertz CT molecular complexity index is 1560. The molecule has 10 nitrogen and oxygen atoms in total. The number of hydrogen-bond donors (Lipinski definition) is 1. The van der Waals surface area contributed by atoms with Gasteiger partial charge in [0.2, 0.25) is 21.8 Å². The van der Waals surface area contributed by atoms with Crippen LogP contribution in [0.3, 0.4) is 0 Å². The van der Waals surface area contributed by atoms with Crippen LogP contribution in [0.5, 0.6) is 0 Å². The van der Waals surface area contributed by atoms with Gasteiger partial charge in [0.15, 0.2) is 0 Å². The number of non-ortho nitro benzene ring substituents is 1. The van der Waals surface area contributed by atoms with Gasteiger partial charge < -0.3 is 10.2 Å². The Morgan fingerprint density at radius 2 is 1.67 bits per heavy atom. The van der Waals surface area contributed by atoms with E-state index < -0.39 is 33.4 Å². The second-order valence-electron chi connectivity index (χ2n) is 10.8. The molecule has 228 valence electrons. The topological polar surface area (TPSA) is 130 Å². The molecule has 0 saturated heterocycles. The van der Waals surface area contributed by atoms with Crippen molar-refractivity contribution < 1.29 is 22.9 Å². The molecular formula is C31H35BrN4O6S. The number of sulfonamides is 1. The van der Waals surface area contributed by atoms with Gasteiger partial charge in [-0.25, -0.2) is 8.42 Å². The molecule has 1 atom stereocenters. The highest BCUT2D eigenvalue weighted by Crippen LogP contribution is 2.28. The molecule has 0 heterocycles. The van der Waals surface area contributed by atoms with Crippen molar-refractivity contribution in [1.82, 2.24) is 10.2 Å². The Kier molecular flexibility index (Phi) is 10.6. The molecule has 0 radical (unpaired) electrons. The molecule has 43 heavy (non-hydrogen) atoms. The van der Waals surface area contributed by atoms with E-state index in [1.54, 1.807) is 6.92 Å². The van der Waals surface area contributed by atoms with Crippen LogP contribution in [-0.4, -0.2) is 54.9 Å². The fourth-order valence-electron chi connectivity index (χ4n) is 5.28. The Morgan fingerprint density at radius 3 is 2.28 bits per heavy atom. The second kappa shape index (κ2) is 14.1. The number of rotatable bonds is 12. The SMILES string of the molecule is Cc1ccc([N+](=O)[O-])cc1N(CC(=O)N(Cc1ccc(Br)cc1)[C@H](Cc1ccccc1)C(=O)NC1CCCC1)S(C)(=O)=O. The van der Waals surface area contributed by atoms with Gasteiger partial charge in [-0.1, -0.05) is 77.3 Å². The van der Waals surface area contributed by atoms with Crippen molar-refractivity contribution in [3.05, 3.63) is 104 Å². The third kappa shape index (κ3) is 8.64. The molecule has 0 aliphatic heterocycles. The van der Waals surface area contributed by atoms with Crippen LogP contribution in [0.1, 0.15) is 42.4 Å². The minimum atomic E-state index is -4.06. The van der Waals surface area contributed by atoms with Crippen LogP contribution in [0.15, 0.2) is 77.3 Å². The zero-order valence-electron chi connectivity index (χ0n) is 24.1. The van der Waals surface area contributed by atoms with Crippen molar-refractivity contribution in [2.24, 2.45) is 0 Å². The lowest BCUT2D eigenvalue weighted by atomic mass is 10.0. The van der Waals surface area contributed by atoms with Crippen LogP contribution in [-0.2, 0) is 32.6 Å². The van der Waals surface area contributed by atoms with Crippen LogP contribution < -0.4 is 9.62 Å². The van der Waals surface area contributed by atoms with Gasteiger partial charge in [0.1, 0.15) is 12.6 Å². The first-order chi connectivity index (χ1) is 20.4. The number of aryl methyl sites for hydroxylation is 1. The Balaban J connectivity index is 1.76. The van der Waals surface area contributed by atoms with Gasteiger partial charge in [-0.05, 0) is 48.6 Å². The van der Waals surface area contributed by atoms with Crippen LogP contribution in [0.2, 0.25) is 0 Å². The van der Waals surface area contributed by atoms with Gasteiger partial charge in [-0.2, -0.15) is 0 Å². The number of amides is 2. The summed E-state index contributed by atoms with van der Waals surface area (Å²) in [5.74, 6) is -0.916. The van der Waals surface area contributed by atoms with E-state index in [0.29, 0.717) is 5.56 Å². The Labute approximate surface area is 260 Å². The van der Waals surface area contributed by atoms with Crippen LogP contribution >= 0.6 is 15.9 Å². The van der Waals surface area contributed by atoms with E-state index in [-0.39, 0.29) is 36.3 Å². The number of carbonyl (C=O) groups excluding carboxylic acids is 2. The lowest BCUT2D eigenvalue weighted by Crippen LogP contribution is -2.54. The summed E-state index contributed by atoms with van der Waals surface area (Å²) < 4.78 is 27.8. The van der Waals surface area contributed by atoms with E-state index in [1.165, 1.54) is 17.0 Å². The summed E-state index contributed by atoms with van der Waals surface area (Å²) in [6, 6.07) is 19.6. The van der Waals surface area contributed by atoms with E-state index in [4.69, 9.17) is 0 Å². The summed E-state index contributed by atoms with van der Waals surface area (Å²) >= 11 is 3.42. The molecule has 1 saturated carbocycles. The maximum atomic E-state index is 14.2. The van der Waals surface area contributed by atoms with E-state index >= 15 is 0 Å². The van der Waals surface area contributed by atoms with Crippen molar-refractivity contribution >= 4 is 49.1 Å². The van der Waals surface area contributed by atoms with Crippen LogP contribution in [0, 0.1) is 17.0 Å². The molecule has 0 spiro atoms. The Morgan fingerprint density at radius 1 is 1.02 bits per heavy atom. The number of nitro benzene ring substituents is 1. The minimum Gasteiger partial charge on any atom is -0.352 e. The molecule has 4 rings (SSSR count). The lowest BCUT2D eigenvalue weighted by Gasteiger charge is -2.34. The highest BCUT2D eigenvalue weighted by molar-refractivity contribution is 9.10. The molecule has 3 aromatic carbocycles. The number of halogens is 1. The van der Waals surface area contributed by atoms with Gasteiger partial charge in [-0.15, -0.1) is 0 Å². The highest BCUT2D eigenvalue weighted by atomic mass is 79.9. The smallest absolute Gasteiger partial charge is 0.271 e. The monoisotopic (exact) mass is 670 g/mol. The average molecular weight is 672 g/mol. The standard InChI is InChI=1S/C31H35BrN4O6S/c1-22-12-17-27(36(39)40)19-28(22)35(43(2,41)42)21-30(37)34(20-24-13-15-25(32)16-14-24)29(18-23-8-4-3-5-9-23)31(38)33-26-10-6-7-11-26/h3-5,8-9,12-17,19,26,29H,6-7,10-11,18,20-21H2,1-2H3,(H,33,38)/t29-/m1/s1. The van der Waals surface area contributed by atoms with Crippen molar-refractivity contribution in [2.75, 3.05) is 17.1 Å². The predicted molar refractivity (Wildman–Crippen MR) is 169 cm³/mol. The number of nitro groups is 1. The molecule has 12 heteroatoms. The van der Waals surface area contributed by atoms with Crippen molar-refractivity contribution in [1.29, 1.82) is 0 Å². The molecule has 0 aromatic heterocycles. The van der Waals surface area contributed by atoms with E-state index in [1.807, 2.05) is 54.6 Å². The number of benzene rings is 3. The molecule has 1 fully saturated rings. The Hall–Kier alpha value is -3.77.